The van der Waals surface area contributed by atoms with Crippen LogP contribution in [-0.2, 0) is 16.2 Å². The lowest BCUT2D eigenvalue weighted by Gasteiger charge is -2.26. The summed E-state index contributed by atoms with van der Waals surface area (Å²) in [6, 6.07) is 18.8. The minimum atomic E-state index is -0.805. The molecule has 1 saturated heterocycles. The van der Waals surface area contributed by atoms with Gasteiger partial charge in [-0.15, -0.1) is 0 Å². The second-order valence-electron chi connectivity index (χ2n) is 7.58. The number of nitrogens with one attached hydrogen (secondary N) is 1. The van der Waals surface area contributed by atoms with Gasteiger partial charge in [-0.25, -0.2) is 9.69 Å². The highest BCUT2D eigenvalue weighted by atomic mass is 16.6. The molecule has 1 aliphatic heterocycles. The molecule has 10 heteroatoms. The molecule has 0 saturated carbocycles. The van der Waals surface area contributed by atoms with Crippen molar-refractivity contribution >= 4 is 35.3 Å². The second-order valence-corrected chi connectivity index (χ2v) is 7.58. The zero-order chi connectivity index (χ0) is 24.2. The fourth-order valence-electron chi connectivity index (χ4n) is 3.34. The van der Waals surface area contributed by atoms with Crippen LogP contribution in [0.4, 0.5) is 16.2 Å². The Balaban J connectivity index is 0.00000342. The van der Waals surface area contributed by atoms with Crippen molar-refractivity contribution < 1.29 is 29.5 Å². The summed E-state index contributed by atoms with van der Waals surface area (Å²) in [6.07, 6.45) is 1.40. The number of urea groups is 1. The van der Waals surface area contributed by atoms with Gasteiger partial charge < -0.3 is 10.2 Å². The van der Waals surface area contributed by atoms with Gasteiger partial charge in [-0.3, -0.25) is 25.0 Å². The highest BCUT2D eigenvalue weighted by Crippen LogP contribution is 2.23. The third kappa shape index (κ3) is 5.57. The van der Waals surface area contributed by atoms with Crippen LogP contribution in [0.1, 0.15) is 16.7 Å². The van der Waals surface area contributed by atoms with Crippen LogP contribution in [0, 0.1) is 17.0 Å². The zero-order valence-electron chi connectivity index (χ0n) is 18.6. The first kappa shape index (κ1) is 24.8. The monoisotopic (exact) mass is 475 g/mol. The molecule has 1 fully saturated rings. The molecule has 0 atom stereocenters. The number of carbonyl (C=O) groups is 3. The van der Waals surface area contributed by atoms with Crippen molar-refractivity contribution in [3.63, 3.8) is 0 Å². The van der Waals surface area contributed by atoms with Crippen molar-refractivity contribution in [3.05, 3.63) is 105 Å². The molecular weight excluding hydrogens is 454 g/mol. The normalized spacial score (nSPS) is 14.4. The van der Waals surface area contributed by atoms with Crippen LogP contribution >= 0.6 is 0 Å². The van der Waals surface area contributed by atoms with Gasteiger partial charge >= 0.3 is 6.03 Å². The smallest absolute Gasteiger partial charge is 0.335 e. The Morgan fingerprint density at radius 2 is 1.69 bits per heavy atom. The molecule has 35 heavy (non-hydrogen) atoms. The third-order valence-corrected chi connectivity index (χ3v) is 5.11. The number of hydrogen-bond acceptors (Lipinski definition) is 6. The summed E-state index contributed by atoms with van der Waals surface area (Å²) < 4.78 is 5.67. The van der Waals surface area contributed by atoms with Gasteiger partial charge in [0.05, 0.1) is 10.6 Å². The number of hydrogen-bond donors (Lipinski definition) is 1. The summed E-state index contributed by atoms with van der Waals surface area (Å²) in [4.78, 5) is 48.9. The molecule has 0 aromatic heterocycles. The Morgan fingerprint density at radius 3 is 2.34 bits per heavy atom. The predicted molar refractivity (Wildman–Crippen MR) is 128 cm³/mol. The standard InChI is InChI=1S/C25H19N3O6.H2O/c1-16-5-9-19(10-6-16)27-24(30)22(23(29)26-25(27)31)14-17-7-11-21(12-8-17)34-15-18-3-2-4-20(13-18)28(32)33;/h2-14H,15H2,1H3,(H,26,29,31);1H2/b22-14-;. The van der Waals surface area contributed by atoms with Crippen LogP contribution < -0.4 is 15.0 Å². The Kier molecular flexibility index (Phi) is 7.37. The minimum absolute atomic E-state index is 0. The molecule has 0 unspecified atom stereocenters. The fourth-order valence-corrected chi connectivity index (χ4v) is 3.34. The van der Waals surface area contributed by atoms with E-state index in [4.69, 9.17) is 4.74 Å². The Hall–Kier alpha value is -4.83. The van der Waals surface area contributed by atoms with E-state index in [9.17, 15) is 24.5 Å². The van der Waals surface area contributed by atoms with Gasteiger partial charge in [0.2, 0.25) is 0 Å². The Bertz CT molecular complexity index is 1320. The van der Waals surface area contributed by atoms with Gasteiger partial charge in [0, 0.05) is 12.1 Å². The van der Waals surface area contributed by atoms with Crippen molar-refractivity contribution in [2.75, 3.05) is 4.90 Å². The predicted octanol–water partition coefficient (Wildman–Crippen LogP) is 3.32. The maximum Gasteiger partial charge on any atom is 0.335 e. The molecule has 0 radical (unpaired) electrons. The van der Waals surface area contributed by atoms with Crippen LogP contribution in [0.2, 0.25) is 0 Å². The van der Waals surface area contributed by atoms with E-state index in [2.05, 4.69) is 5.32 Å². The van der Waals surface area contributed by atoms with E-state index in [0.717, 1.165) is 10.5 Å². The van der Waals surface area contributed by atoms with Gasteiger partial charge in [0.15, 0.2) is 0 Å². The largest absolute Gasteiger partial charge is 0.489 e. The van der Waals surface area contributed by atoms with Gasteiger partial charge in [-0.1, -0.05) is 42.0 Å². The molecule has 4 amide bonds. The number of carbonyl (C=O) groups excluding carboxylic acids is 3. The van der Waals surface area contributed by atoms with Gasteiger partial charge in [0.1, 0.15) is 17.9 Å². The van der Waals surface area contributed by atoms with E-state index in [1.54, 1.807) is 60.7 Å². The quantitative estimate of drug-likeness (QED) is 0.250. The number of barbiturate groups is 1. The number of imide groups is 2. The van der Waals surface area contributed by atoms with Crippen molar-refractivity contribution in [3.8, 4) is 5.75 Å². The molecule has 0 spiro atoms. The maximum atomic E-state index is 12.9. The summed E-state index contributed by atoms with van der Waals surface area (Å²) in [7, 11) is 0. The summed E-state index contributed by atoms with van der Waals surface area (Å²) >= 11 is 0. The van der Waals surface area contributed by atoms with Crippen LogP contribution in [0.3, 0.4) is 0 Å². The lowest BCUT2D eigenvalue weighted by molar-refractivity contribution is -0.384. The van der Waals surface area contributed by atoms with Gasteiger partial charge in [0.25, 0.3) is 17.5 Å². The highest BCUT2D eigenvalue weighted by Gasteiger charge is 2.36. The number of nitrogens with zero attached hydrogens (tertiary/aromatic N) is 2. The van der Waals surface area contributed by atoms with Gasteiger partial charge in [-0.05, 0) is 48.4 Å². The number of rotatable bonds is 6. The van der Waals surface area contributed by atoms with Crippen LogP contribution in [0.25, 0.3) is 6.08 Å². The molecule has 3 aromatic rings. The highest BCUT2D eigenvalue weighted by molar-refractivity contribution is 6.39. The van der Waals surface area contributed by atoms with Gasteiger partial charge in [-0.2, -0.15) is 0 Å². The van der Waals surface area contributed by atoms with E-state index >= 15 is 0 Å². The summed E-state index contributed by atoms with van der Waals surface area (Å²) in [5.41, 5.74) is 2.33. The average Bonchev–Trinajstić information content (AvgIpc) is 2.82. The van der Waals surface area contributed by atoms with Crippen molar-refractivity contribution in [2.45, 2.75) is 13.5 Å². The summed E-state index contributed by atoms with van der Waals surface area (Å²) in [5, 5.41) is 13.1. The topological polar surface area (TPSA) is 150 Å². The molecule has 1 heterocycles. The van der Waals surface area contributed by atoms with E-state index < -0.39 is 22.8 Å². The number of anilines is 1. The Labute approximate surface area is 199 Å². The van der Waals surface area contributed by atoms with E-state index in [1.165, 1.54) is 18.2 Å². The van der Waals surface area contributed by atoms with E-state index in [0.29, 0.717) is 22.6 Å². The number of ether oxygens (including phenoxy) is 1. The molecular formula is C25H21N3O7. The minimum Gasteiger partial charge on any atom is -0.489 e. The molecule has 3 N–H and O–H groups in total. The number of non-ortho nitro benzene ring substituents is 1. The average molecular weight is 475 g/mol. The number of nitro groups is 1. The summed E-state index contributed by atoms with van der Waals surface area (Å²) in [5.74, 6) is -0.988. The van der Waals surface area contributed by atoms with Crippen molar-refractivity contribution in [1.82, 2.24) is 5.32 Å². The first-order valence-electron chi connectivity index (χ1n) is 10.3. The summed E-state index contributed by atoms with van der Waals surface area (Å²) in [6.45, 7) is 2.02. The fraction of sp³-hybridized carbons (Fsp3) is 0.0800. The number of benzene rings is 3. The maximum absolute atomic E-state index is 12.9. The van der Waals surface area contributed by atoms with Crippen LogP contribution in [-0.4, -0.2) is 28.2 Å². The molecule has 0 aliphatic carbocycles. The number of aryl methyl sites for hydroxylation is 1. The molecule has 0 bridgehead atoms. The number of nitro benzene ring substituents is 1. The molecule has 178 valence electrons. The SMILES string of the molecule is Cc1ccc(N2C(=O)NC(=O)/C(=C/c3ccc(OCc4cccc([N+](=O)[O-])c4)cc3)C2=O)cc1.O. The van der Waals surface area contributed by atoms with Crippen LogP contribution in [0.5, 0.6) is 5.75 Å². The lowest BCUT2D eigenvalue weighted by atomic mass is 10.1. The zero-order valence-corrected chi connectivity index (χ0v) is 18.6. The molecule has 3 aromatic carbocycles. The Morgan fingerprint density at radius 1 is 1.00 bits per heavy atom. The molecule has 1 aliphatic rings. The van der Waals surface area contributed by atoms with E-state index in [-0.39, 0.29) is 23.3 Å². The first-order valence-corrected chi connectivity index (χ1v) is 10.3. The molecule has 10 nitrogen and oxygen atoms in total. The van der Waals surface area contributed by atoms with Crippen molar-refractivity contribution in [1.29, 1.82) is 0 Å². The van der Waals surface area contributed by atoms with Crippen LogP contribution in [0.15, 0.2) is 78.4 Å². The third-order valence-electron chi connectivity index (χ3n) is 5.11. The number of amides is 4. The van der Waals surface area contributed by atoms with E-state index in [1.807, 2.05) is 6.92 Å². The molecule has 4 rings (SSSR count). The lowest BCUT2D eigenvalue weighted by Crippen LogP contribution is -2.54. The second kappa shape index (κ2) is 10.4. The first-order chi connectivity index (χ1) is 16.3. The van der Waals surface area contributed by atoms with Crippen molar-refractivity contribution in [2.24, 2.45) is 0 Å².